The minimum Gasteiger partial charge on any atom is -0.266 e. The van der Waals surface area contributed by atoms with E-state index in [0.29, 0.717) is 0 Å². The Hall–Kier alpha value is -1.45. The van der Waals surface area contributed by atoms with Gasteiger partial charge in [-0.25, -0.2) is 4.98 Å². The summed E-state index contributed by atoms with van der Waals surface area (Å²) in [6, 6.07) is 0. The number of amides is 1. The quantitative estimate of drug-likeness (QED) is 0.522. The maximum atomic E-state index is 10.2. The third-order valence-corrected chi connectivity index (χ3v) is 0.796. The zero-order valence-electron chi connectivity index (χ0n) is 4.53. The van der Waals surface area contributed by atoms with Crippen molar-refractivity contribution in [1.82, 2.24) is 15.7 Å². The second kappa shape index (κ2) is 2.21. The summed E-state index contributed by atoms with van der Waals surface area (Å²) in [4.78, 5) is 17.4. The van der Waals surface area contributed by atoms with E-state index in [4.69, 9.17) is 5.73 Å². The van der Waals surface area contributed by atoms with Gasteiger partial charge in [0.2, 0.25) is 0 Å². The fraction of sp³-hybridized carbons (Fsp3) is 0. The van der Waals surface area contributed by atoms with Crippen LogP contribution >= 0.6 is 0 Å². The maximum absolute atomic E-state index is 10.2. The van der Waals surface area contributed by atoms with Gasteiger partial charge < -0.3 is 0 Å². The van der Waals surface area contributed by atoms with E-state index >= 15 is 0 Å². The fourth-order valence-corrected chi connectivity index (χ4v) is 0.416. The molecule has 1 aromatic heterocycles. The standard InChI is InChI=1S/C5H4N3O/c6-5(9)4-3-7-1-2-8-4/h1-3,6H. The van der Waals surface area contributed by atoms with Gasteiger partial charge in [-0.1, -0.05) is 0 Å². The van der Waals surface area contributed by atoms with E-state index in [2.05, 4.69) is 9.97 Å². The highest BCUT2D eigenvalue weighted by Crippen LogP contribution is 1.86. The number of aromatic nitrogens is 2. The van der Waals surface area contributed by atoms with Crippen LogP contribution in [-0.4, -0.2) is 15.9 Å². The Kier molecular flexibility index (Phi) is 1.40. The molecule has 9 heavy (non-hydrogen) atoms. The van der Waals surface area contributed by atoms with Gasteiger partial charge in [0.25, 0.3) is 5.91 Å². The predicted octanol–water partition coefficient (Wildman–Crippen LogP) is -0.100. The predicted molar refractivity (Wildman–Crippen MR) is 29.5 cm³/mol. The first-order chi connectivity index (χ1) is 4.30. The van der Waals surface area contributed by atoms with Gasteiger partial charge in [-0.05, 0) is 0 Å². The largest absolute Gasteiger partial charge is 0.289 e. The molecule has 0 unspecified atom stereocenters. The zero-order valence-corrected chi connectivity index (χ0v) is 4.53. The molecule has 4 nitrogen and oxygen atoms in total. The SMILES string of the molecule is [NH]C(=O)c1cnccn1. The monoisotopic (exact) mass is 122 g/mol. The molecular weight excluding hydrogens is 118 g/mol. The molecule has 0 bridgehead atoms. The molecule has 0 aliphatic carbocycles. The van der Waals surface area contributed by atoms with Gasteiger partial charge in [-0.3, -0.25) is 15.5 Å². The van der Waals surface area contributed by atoms with Crippen LogP contribution in [-0.2, 0) is 0 Å². The number of hydrogen-bond acceptors (Lipinski definition) is 3. The van der Waals surface area contributed by atoms with Crippen molar-refractivity contribution < 1.29 is 4.79 Å². The van der Waals surface area contributed by atoms with Crippen LogP contribution < -0.4 is 5.73 Å². The molecule has 45 valence electrons. The molecular formula is C5H4N3O. The Morgan fingerprint density at radius 2 is 2.33 bits per heavy atom. The Morgan fingerprint density at radius 3 is 2.67 bits per heavy atom. The van der Waals surface area contributed by atoms with E-state index in [0.717, 1.165) is 0 Å². The molecule has 0 atom stereocenters. The van der Waals surface area contributed by atoms with E-state index in [9.17, 15) is 4.79 Å². The molecule has 1 N–H and O–H groups in total. The number of rotatable bonds is 1. The van der Waals surface area contributed by atoms with Gasteiger partial charge in [0, 0.05) is 12.4 Å². The summed E-state index contributed by atoms with van der Waals surface area (Å²) in [5.74, 6) is -0.803. The Labute approximate surface area is 51.7 Å². The van der Waals surface area contributed by atoms with Gasteiger partial charge >= 0.3 is 0 Å². The summed E-state index contributed by atoms with van der Waals surface area (Å²) in [7, 11) is 0. The van der Waals surface area contributed by atoms with E-state index in [-0.39, 0.29) is 5.69 Å². The van der Waals surface area contributed by atoms with Crippen LogP contribution in [0.3, 0.4) is 0 Å². The summed E-state index contributed by atoms with van der Waals surface area (Å²) in [5.41, 5.74) is 6.66. The summed E-state index contributed by atoms with van der Waals surface area (Å²) in [6.45, 7) is 0. The second-order valence-corrected chi connectivity index (χ2v) is 1.42. The summed E-state index contributed by atoms with van der Waals surface area (Å²) in [5, 5.41) is 0. The fourth-order valence-electron chi connectivity index (χ4n) is 0.416. The average molecular weight is 122 g/mol. The summed E-state index contributed by atoms with van der Waals surface area (Å²) >= 11 is 0. The lowest BCUT2D eigenvalue weighted by atomic mass is 10.4. The average Bonchev–Trinajstić information content (AvgIpc) is 1.90. The van der Waals surface area contributed by atoms with Crippen LogP contribution in [0.4, 0.5) is 0 Å². The van der Waals surface area contributed by atoms with Gasteiger partial charge in [-0.15, -0.1) is 0 Å². The second-order valence-electron chi connectivity index (χ2n) is 1.42. The van der Waals surface area contributed by atoms with Crippen LogP contribution in [0.25, 0.3) is 0 Å². The van der Waals surface area contributed by atoms with Crippen molar-refractivity contribution in [1.29, 1.82) is 0 Å². The molecule has 0 saturated heterocycles. The molecule has 4 heteroatoms. The van der Waals surface area contributed by atoms with Crippen LogP contribution in [0, 0.1) is 0 Å². The topological polar surface area (TPSA) is 66.7 Å². The van der Waals surface area contributed by atoms with Crippen molar-refractivity contribution in [2.75, 3.05) is 0 Å². The molecule has 0 aliphatic rings. The molecule has 0 spiro atoms. The summed E-state index contributed by atoms with van der Waals surface area (Å²) in [6.07, 6.45) is 4.09. The smallest absolute Gasteiger partial charge is 0.266 e. The molecule has 0 aliphatic heterocycles. The molecule has 1 radical (unpaired) electrons. The van der Waals surface area contributed by atoms with Crippen molar-refractivity contribution >= 4 is 5.91 Å². The Balaban J connectivity index is 2.98. The summed E-state index contributed by atoms with van der Waals surface area (Å²) < 4.78 is 0. The normalized spacial score (nSPS) is 8.89. The third kappa shape index (κ3) is 1.22. The number of nitrogens with one attached hydrogen (secondary N) is 1. The van der Waals surface area contributed by atoms with Crippen molar-refractivity contribution in [3.63, 3.8) is 0 Å². The van der Waals surface area contributed by atoms with E-state index < -0.39 is 5.91 Å². The first-order valence-corrected chi connectivity index (χ1v) is 2.32. The molecule has 1 rings (SSSR count). The molecule has 1 amide bonds. The molecule has 1 heterocycles. The van der Waals surface area contributed by atoms with Gasteiger partial charge in [-0.2, -0.15) is 0 Å². The number of carbonyl (C=O) groups excluding carboxylic acids is 1. The van der Waals surface area contributed by atoms with Gasteiger partial charge in [0.1, 0.15) is 5.69 Å². The van der Waals surface area contributed by atoms with E-state index in [1.807, 2.05) is 0 Å². The molecule has 0 saturated carbocycles. The van der Waals surface area contributed by atoms with Gasteiger partial charge in [0.05, 0.1) is 6.20 Å². The number of carbonyl (C=O) groups is 1. The lowest BCUT2D eigenvalue weighted by molar-refractivity contribution is 0.0987. The first kappa shape index (κ1) is 5.68. The van der Waals surface area contributed by atoms with Gasteiger partial charge in [0.15, 0.2) is 0 Å². The van der Waals surface area contributed by atoms with E-state index in [1.54, 1.807) is 0 Å². The first-order valence-electron chi connectivity index (χ1n) is 2.32. The molecule has 0 fully saturated rings. The van der Waals surface area contributed by atoms with Crippen LogP contribution in [0.15, 0.2) is 18.6 Å². The van der Waals surface area contributed by atoms with Crippen molar-refractivity contribution in [3.8, 4) is 0 Å². The lowest BCUT2D eigenvalue weighted by Crippen LogP contribution is -2.01. The molecule has 1 aromatic rings. The highest BCUT2D eigenvalue weighted by Gasteiger charge is 1.98. The van der Waals surface area contributed by atoms with Crippen LogP contribution in [0.5, 0.6) is 0 Å². The number of hydrogen-bond donors (Lipinski definition) is 0. The molecule has 0 aromatic carbocycles. The van der Waals surface area contributed by atoms with Crippen molar-refractivity contribution in [2.45, 2.75) is 0 Å². The maximum Gasteiger partial charge on any atom is 0.289 e. The lowest BCUT2D eigenvalue weighted by Gasteiger charge is -1.86. The third-order valence-electron chi connectivity index (χ3n) is 0.796. The Morgan fingerprint density at radius 1 is 1.56 bits per heavy atom. The minimum absolute atomic E-state index is 0.0810. The van der Waals surface area contributed by atoms with Crippen LogP contribution in [0.1, 0.15) is 10.5 Å². The van der Waals surface area contributed by atoms with Crippen molar-refractivity contribution in [3.05, 3.63) is 24.3 Å². The highest BCUT2D eigenvalue weighted by atomic mass is 16.1. The van der Waals surface area contributed by atoms with E-state index in [1.165, 1.54) is 18.6 Å². The Bertz CT molecular complexity index is 209. The minimum atomic E-state index is -0.803. The highest BCUT2D eigenvalue weighted by molar-refractivity contribution is 5.89. The number of nitrogens with zero attached hydrogens (tertiary/aromatic N) is 2. The van der Waals surface area contributed by atoms with Crippen molar-refractivity contribution in [2.24, 2.45) is 0 Å². The zero-order chi connectivity index (χ0) is 6.69. The van der Waals surface area contributed by atoms with Crippen LogP contribution in [0.2, 0.25) is 0 Å².